The first-order chi connectivity index (χ1) is 6.26. The fourth-order valence-corrected chi connectivity index (χ4v) is 1.27. The molecule has 0 saturated heterocycles. The maximum Gasteiger partial charge on any atom is 0.219 e. The Morgan fingerprint density at radius 2 is 2.38 bits per heavy atom. The zero-order chi connectivity index (χ0) is 9.68. The molecule has 1 aromatic heterocycles. The van der Waals surface area contributed by atoms with Crippen LogP contribution in [-0.2, 0) is 11.3 Å². The zero-order valence-electron chi connectivity index (χ0n) is 7.78. The van der Waals surface area contributed by atoms with Crippen LogP contribution >= 0.6 is 11.3 Å². The van der Waals surface area contributed by atoms with E-state index in [1.165, 1.54) is 11.3 Å². The molecule has 5 nitrogen and oxygen atoms in total. The molecular weight excluding hydrogens is 188 g/mol. The Balaban J connectivity index is 2.36. The summed E-state index contributed by atoms with van der Waals surface area (Å²) in [6.45, 7) is 4.62. The first-order valence-electron chi connectivity index (χ1n) is 4.16. The minimum atomic E-state index is 0.262. The summed E-state index contributed by atoms with van der Waals surface area (Å²) in [4.78, 5) is 0. The lowest BCUT2D eigenvalue weighted by atomic mass is 10.3. The van der Waals surface area contributed by atoms with Crippen LogP contribution in [0, 0.1) is 0 Å². The highest BCUT2D eigenvalue weighted by Gasteiger charge is 2.04. The van der Waals surface area contributed by atoms with Gasteiger partial charge in [0.25, 0.3) is 0 Å². The monoisotopic (exact) mass is 202 g/mol. The van der Waals surface area contributed by atoms with Crippen molar-refractivity contribution in [1.29, 1.82) is 0 Å². The van der Waals surface area contributed by atoms with Crippen molar-refractivity contribution in [2.45, 2.75) is 33.0 Å². The molecule has 0 fully saturated rings. The van der Waals surface area contributed by atoms with E-state index in [1.54, 1.807) is 0 Å². The molecule has 1 aromatic rings. The first kappa shape index (κ1) is 10.4. The van der Waals surface area contributed by atoms with Crippen molar-refractivity contribution in [3.8, 4) is 0 Å². The summed E-state index contributed by atoms with van der Waals surface area (Å²) in [5.74, 6) is 5.16. The second kappa shape index (κ2) is 5.11. The van der Waals surface area contributed by atoms with Gasteiger partial charge < -0.3 is 4.74 Å². The summed E-state index contributed by atoms with van der Waals surface area (Å²) in [5.41, 5.74) is 2.44. The van der Waals surface area contributed by atoms with E-state index >= 15 is 0 Å². The summed E-state index contributed by atoms with van der Waals surface area (Å²) >= 11 is 1.40. The van der Waals surface area contributed by atoms with Crippen molar-refractivity contribution < 1.29 is 4.74 Å². The highest BCUT2D eigenvalue weighted by atomic mass is 32.1. The van der Waals surface area contributed by atoms with Crippen molar-refractivity contribution in [1.82, 2.24) is 10.2 Å². The Morgan fingerprint density at radius 3 is 2.92 bits per heavy atom. The topological polar surface area (TPSA) is 73.1 Å². The largest absolute Gasteiger partial charge is 0.371 e. The summed E-state index contributed by atoms with van der Waals surface area (Å²) in [6.07, 6.45) is 1.26. The fraction of sp³-hybridized carbons (Fsp3) is 0.714. The van der Waals surface area contributed by atoms with Gasteiger partial charge in [0.15, 0.2) is 0 Å². The molecule has 0 aromatic carbocycles. The van der Waals surface area contributed by atoms with Crippen LogP contribution in [-0.4, -0.2) is 16.3 Å². The third kappa shape index (κ3) is 3.25. The zero-order valence-corrected chi connectivity index (χ0v) is 8.60. The number of hydrogen-bond acceptors (Lipinski definition) is 6. The van der Waals surface area contributed by atoms with Crippen LogP contribution in [0.1, 0.15) is 25.3 Å². The molecule has 0 aliphatic rings. The Bertz CT molecular complexity index is 252. The number of hydrazine groups is 1. The lowest BCUT2D eigenvalue weighted by Gasteiger charge is -2.07. The SMILES string of the molecule is CCC(C)OCc1nnc(NN)s1. The van der Waals surface area contributed by atoms with Crippen LogP contribution in [0.25, 0.3) is 0 Å². The van der Waals surface area contributed by atoms with Crippen LogP contribution in [0.2, 0.25) is 0 Å². The molecule has 0 amide bonds. The van der Waals surface area contributed by atoms with Gasteiger partial charge in [0.05, 0.1) is 6.10 Å². The summed E-state index contributed by atoms with van der Waals surface area (Å²) in [5, 5.41) is 9.14. The number of anilines is 1. The molecule has 13 heavy (non-hydrogen) atoms. The molecule has 74 valence electrons. The Morgan fingerprint density at radius 1 is 1.62 bits per heavy atom. The Labute approximate surface area is 81.3 Å². The number of ether oxygens (including phenoxy) is 1. The normalized spacial score (nSPS) is 12.8. The first-order valence-corrected chi connectivity index (χ1v) is 4.98. The molecule has 1 atom stereocenters. The van der Waals surface area contributed by atoms with Crippen LogP contribution < -0.4 is 11.3 Å². The molecule has 1 rings (SSSR count). The van der Waals surface area contributed by atoms with Crippen LogP contribution in [0.15, 0.2) is 0 Å². The molecular formula is C7H14N4OS. The summed E-state index contributed by atoms with van der Waals surface area (Å²) in [7, 11) is 0. The quantitative estimate of drug-likeness (QED) is 0.553. The maximum atomic E-state index is 5.47. The maximum absolute atomic E-state index is 5.47. The van der Waals surface area contributed by atoms with Gasteiger partial charge in [0.2, 0.25) is 5.13 Å². The molecule has 0 radical (unpaired) electrons. The molecule has 1 heterocycles. The van der Waals surface area contributed by atoms with E-state index in [4.69, 9.17) is 10.6 Å². The standard InChI is InChI=1S/C7H14N4OS/c1-3-5(2)12-4-6-10-11-7(9-8)13-6/h5H,3-4,8H2,1-2H3,(H,9,11). The molecule has 3 N–H and O–H groups in total. The van der Waals surface area contributed by atoms with E-state index in [1.807, 2.05) is 6.92 Å². The molecule has 0 aliphatic heterocycles. The van der Waals surface area contributed by atoms with E-state index in [0.29, 0.717) is 11.7 Å². The summed E-state index contributed by atoms with van der Waals surface area (Å²) in [6, 6.07) is 0. The molecule has 0 saturated carbocycles. The second-order valence-corrected chi connectivity index (χ2v) is 3.74. The van der Waals surface area contributed by atoms with Gasteiger partial charge >= 0.3 is 0 Å². The van der Waals surface area contributed by atoms with E-state index in [0.717, 1.165) is 11.4 Å². The Hall–Kier alpha value is -0.720. The van der Waals surface area contributed by atoms with Crippen LogP contribution in [0.3, 0.4) is 0 Å². The minimum absolute atomic E-state index is 0.262. The smallest absolute Gasteiger partial charge is 0.219 e. The lowest BCUT2D eigenvalue weighted by Crippen LogP contribution is -2.05. The van der Waals surface area contributed by atoms with E-state index in [2.05, 4.69) is 22.5 Å². The van der Waals surface area contributed by atoms with Gasteiger partial charge in [-0.25, -0.2) is 5.84 Å². The van der Waals surface area contributed by atoms with Gasteiger partial charge in [-0.3, -0.25) is 5.43 Å². The minimum Gasteiger partial charge on any atom is -0.371 e. The molecule has 6 heteroatoms. The lowest BCUT2D eigenvalue weighted by molar-refractivity contribution is 0.0504. The number of rotatable bonds is 5. The average molecular weight is 202 g/mol. The van der Waals surface area contributed by atoms with Crippen molar-refractivity contribution in [3.05, 3.63) is 5.01 Å². The van der Waals surface area contributed by atoms with E-state index in [9.17, 15) is 0 Å². The van der Waals surface area contributed by atoms with Gasteiger partial charge in [0.1, 0.15) is 11.6 Å². The molecule has 0 aliphatic carbocycles. The second-order valence-electron chi connectivity index (χ2n) is 2.68. The Kier molecular flexibility index (Phi) is 4.07. The van der Waals surface area contributed by atoms with Crippen molar-refractivity contribution in [2.24, 2.45) is 5.84 Å². The van der Waals surface area contributed by atoms with Gasteiger partial charge in [0, 0.05) is 0 Å². The highest BCUT2D eigenvalue weighted by molar-refractivity contribution is 7.15. The van der Waals surface area contributed by atoms with E-state index in [-0.39, 0.29) is 6.10 Å². The van der Waals surface area contributed by atoms with E-state index < -0.39 is 0 Å². The molecule has 1 unspecified atom stereocenters. The highest BCUT2D eigenvalue weighted by Crippen LogP contribution is 2.15. The number of nitrogen functional groups attached to an aromatic ring is 1. The third-order valence-corrected chi connectivity index (χ3v) is 2.48. The van der Waals surface area contributed by atoms with Gasteiger partial charge in [-0.15, -0.1) is 10.2 Å². The van der Waals surface area contributed by atoms with Gasteiger partial charge in [-0.1, -0.05) is 18.3 Å². The van der Waals surface area contributed by atoms with Crippen LogP contribution in [0.4, 0.5) is 5.13 Å². The number of nitrogens with one attached hydrogen (secondary N) is 1. The molecule has 0 bridgehead atoms. The van der Waals surface area contributed by atoms with Gasteiger partial charge in [-0.05, 0) is 13.3 Å². The number of nitrogens with zero attached hydrogens (tertiary/aromatic N) is 2. The fourth-order valence-electron chi connectivity index (χ4n) is 0.702. The third-order valence-electron chi connectivity index (χ3n) is 1.66. The number of hydrogen-bond donors (Lipinski definition) is 2. The summed E-state index contributed by atoms with van der Waals surface area (Å²) < 4.78 is 5.47. The van der Waals surface area contributed by atoms with Gasteiger partial charge in [-0.2, -0.15) is 0 Å². The van der Waals surface area contributed by atoms with Crippen molar-refractivity contribution in [3.63, 3.8) is 0 Å². The number of aromatic nitrogens is 2. The van der Waals surface area contributed by atoms with Crippen molar-refractivity contribution >= 4 is 16.5 Å². The average Bonchev–Trinajstić information content (AvgIpc) is 2.61. The predicted octanol–water partition coefficient (Wildman–Crippen LogP) is 1.14. The van der Waals surface area contributed by atoms with Crippen molar-refractivity contribution in [2.75, 3.05) is 5.43 Å². The van der Waals surface area contributed by atoms with Crippen LogP contribution in [0.5, 0.6) is 0 Å². The number of nitrogens with two attached hydrogens (primary N) is 1. The molecule has 0 spiro atoms. The predicted molar refractivity (Wildman–Crippen MR) is 52.3 cm³/mol.